The molecule has 0 saturated carbocycles. The summed E-state index contributed by atoms with van der Waals surface area (Å²) < 4.78 is 78.1. The van der Waals surface area contributed by atoms with Gasteiger partial charge in [0.1, 0.15) is 0 Å². The molecular weight excluding hydrogens is 344 g/mol. The number of hydrogen-bond acceptors (Lipinski definition) is 1. The Morgan fingerprint density at radius 2 is 1.60 bits per heavy atom. The molecule has 0 saturated heterocycles. The molecule has 1 aromatic rings. The van der Waals surface area contributed by atoms with E-state index in [1.165, 1.54) is 0 Å². The van der Waals surface area contributed by atoms with Crippen LogP contribution in [0.25, 0.3) is 5.57 Å². The van der Waals surface area contributed by atoms with Crippen LogP contribution in [0.1, 0.15) is 49.3 Å². The average Bonchev–Trinajstić information content (AvgIpc) is 2.54. The van der Waals surface area contributed by atoms with Gasteiger partial charge in [-0.05, 0) is 67.0 Å². The smallest absolute Gasteiger partial charge is 0.330 e. The third-order valence-electron chi connectivity index (χ3n) is 4.79. The minimum atomic E-state index is -4.83. The van der Waals surface area contributed by atoms with Crippen molar-refractivity contribution in [2.45, 2.75) is 45.0 Å². The topological polar surface area (TPSA) is 26.0 Å². The largest absolute Gasteiger partial charge is 0.416 e. The Labute approximate surface area is 142 Å². The maximum atomic E-state index is 13.0. The zero-order chi connectivity index (χ0) is 18.8. The number of halogens is 6. The number of nitrogens with two attached hydrogens (primary N) is 1. The second-order valence-corrected chi connectivity index (χ2v) is 6.45. The molecule has 1 aliphatic rings. The molecule has 140 valence electrons. The molecular formula is C18H21F6N. The lowest BCUT2D eigenvalue weighted by molar-refractivity contribution is -0.143. The van der Waals surface area contributed by atoms with E-state index in [0.29, 0.717) is 18.5 Å². The highest BCUT2D eigenvalue weighted by molar-refractivity contribution is 5.68. The van der Waals surface area contributed by atoms with Crippen LogP contribution in [-0.4, -0.2) is 6.54 Å². The Morgan fingerprint density at radius 1 is 1.04 bits per heavy atom. The standard InChI is InChI=1S/C18H21F6N/c1-2-11(10-25)12-4-3-5-13(6-12)14-7-15(17(19,20)21)9-16(8-14)18(22,23)24/h6-9,11-12H,2-5,10,25H2,1H3. The van der Waals surface area contributed by atoms with Crippen LogP contribution < -0.4 is 5.73 Å². The molecule has 2 atom stereocenters. The molecule has 0 spiro atoms. The lowest BCUT2D eigenvalue weighted by Crippen LogP contribution is -2.23. The van der Waals surface area contributed by atoms with Gasteiger partial charge in [-0.15, -0.1) is 0 Å². The van der Waals surface area contributed by atoms with Gasteiger partial charge >= 0.3 is 12.4 Å². The van der Waals surface area contributed by atoms with Crippen molar-refractivity contribution in [3.8, 4) is 0 Å². The highest BCUT2D eigenvalue weighted by Gasteiger charge is 2.37. The predicted molar refractivity (Wildman–Crippen MR) is 84.6 cm³/mol. The Kier molecular flexibility index (Phi) is 5.86. The van der Waals surface area contributed by atoms with Crippen molar-refractivity contribution < 1.29 is 26.3 Å². The summed E-state index contributed by atoms with van der Waals surface area (Å²) in [5.74, 6) is 0.269. The molecule has 2 N–H and O–H groups in total. The zero-order valence-electron chi connectivity index (χ0n) is 13.8. The number of rotatable bonds is 4. The third-order valence-corrected chi connectivity index (χ3v) is 4.79. The minimum Gasteiger partial charge on any atom is -0.330 e. The normalized spacial score (nSPS) is 20.3. The number of alkyl halides is 6. The Morgan fingerprint density at radius 3 is 2.04 bits per heavy atom. The van der Waals surface area contributed by atoms with Crippen LogP contribution in [0.5, 0.6) is 0 Å². The zero-order valence-corrected chi connectivity index (χ0v) is 13.8. The summed E-state index contributed by atoms with van der Waals surface area (Å²) in [5.41, 5.74) is 3.73. The molecule has 0 radical (unpaired) electrons. The summed E-state index contributed by atoms with van der Waals surface area (Å²) in [6, 6.07) is 1.79. The van der Waals surface area contributed by atoms with Crippen molar-refractivity contribution in [1.29, 1.82) is 0 Å². The van der Waals surface area contributed by atoms with Gasteiger partial charge in [-0.1, -0.05) is 19.4 Å². The van der Waals surface area contributed by atoms with Crippen LogP contribution in [0.2, 0.25) is 0 Å². The Bertz CT molecular complexity index is 593. The summed E-state index contributed by atoms with van der Waals surface area (Å²) in [6.07, 6.45) is -4.96. The van der Waals surface area contributed by atoms with Crippen LogP contribution in [0.15, 0.2) is 24.3 Å². The Hall–Kier alpha value is -1.50. The summed E-state index contributed by atoms with van der Waals surface area (Å²) in [5, 5.41) is 0. The fourth-order valence-corrected chi connectivity index (χ4v) is 3.35. The molecule has 0 bridgehead atoms. The van der Waals surface area contributed by atoms with E-state index in [0.717, 1.165) is 31.4 Å². The molecule has 0 amide bonds. The number of benzene rings is 1. The van der Waals surface area contributed by atoms with Gasteiger partial charge in [-0.25, -0.2) is 0 Å². The van der Waals surface area contributed by atoms with E-state index in [9.17, 15) is 26.3 Å². The maximum absolute atomic E-state index is 13.0. The highest BCUT2D eigenvalue weighted by Crippen LogP contribution is 2.40. The number of allylic oxidation sites excluding steroid dienone is 2. The van der Waals surface area contributed by atoms with E-state index < -0.39 is 23.5 Å². The molecule has 0 aliphatic heterocycles. The first-order chi connectivity index (χ1) is 11.6. The van der Waals surface area contributed by atoms with Gasteiger partial charge in [-0.2, -0.15) is 26.3 Å². The van der Waals surface area contributed by atoms with Gasteiger partial charge in [0.2, 0.25) is 0 Å². The lowest BCUT2D eigenvalue weighted by Gasteiger charge is -2.28. The third kappa shape index (κ3) is 4.77. The molecule has 0 heterocycles. The average molecular weight is 365 g/mol. The predicted octanol–water partition coefficient (Wildman–Crippen LogP) is 5.89. The van der Waals surface area contributed by atoms with E-state index >= 15 is 0 Å². The first-order valence-electron chi connectivity index (χ1n) is 8.26. The van der Waals surface area contributed by atoms with Crippen LogP contribution in [-0.2, 0) is 12.4 Å². The first-order valence-corrected chi connectivity index (χ1v) is 8.26. The van der Waals surface area contributed by atoms with Gasteiger partial charge in [-0.3, -0.25) is 0 Å². The van der Waals surface area contributed by atoms with Crippen molar-refractivity contribution in [3.63, 3.8) is 0 Å². The van der Waals surface area contributed by atoms with E-state index in [1.54, 1.807) is 0 Å². The molecule has 1 nitrogen and oxygen atoms in total. The SMILES string of the molecule is CCC(CN)C1C=C(c2cc(C(F)(F)F)cc(C(F)(F)F)c2)CCC1. The molecule has 0 aromatic heterocycles. The molecule has 1 aromatic carbocycles. The van der Waals surface area contributed by atoms with E-state index in [2.05, 4.69) is 0 Å². The number of hydrogen-bond donors (Lipinski definition) is 1. The van der Waals surface area contributed by atoms with Crippen molar-refractivity contribution in [3.05, 3.63) is 41.0 Å². The molecule has 25 heavy (non-hydrogen) atoms. The van der Waals surface area contributed by atoms with Crippen LogP contribution in [0.4, 0.5) is 26.3 Å². The van der Waals surface area contributed by atoms with Crippen LogP contribution in [0.3, 0.4) is 0 Å². The summed E-state index contributed by atoms with van der Waals surface area (Å²) in [4.78, 5) is 0. The van der Waals surface area contributed by atoms with Gasteiger partial charge in [0, 0.05) is 0 Å². The second kappa shape index (κ2) is 7.40. The van der Waals surface area contributed by atoms with Gasteiger partial charge in [0.05, 0.1) is 11.1 Å². The molecule has 7 heteroatoms. The highest BCUT2D eigenvalue weighted by atomic mass is 19.4. The fraction of sp³-hybridized carbons (Fsp3) is 0.556. The van der Waals surface area contributed by atoms with Gasteiger partial charge in [0.25, 0.3) is 0 Å². The fourth-order valence-electron chi connectivity index (χ4n) is 3.35. The van der Waals surface area contributed by atoms with Crippen LogP contribution in [0, 0.1) is 11.8 Å². The molecule has 2 rings (SSSR count). The first kappa shape index (κ1) is 19.8. The van der Waals surface area contributed by atoms with E-state index in [-0.39, 0.29) is 23.5 Å². The molecule has 1 aliphatic carbocycles. The van der Waals surface area contributed by atoms with Gasteiger partial charge in [0.15, 0.2) is 0 Å². The van der Waals surface area contributed by atoms with E-state index in [4.69, 9.17) is 5.73 Å². The monoisotopic (exact) mass is 365 g/mol. The van der Waals surface area contributed by atoms with Crippen molar-refractivity contribution in [2.24, 2.45) is 17.6 Å². The van der Waals surface area contributed by atoms with E-state index in [1.807, 2.05) is 13.0 Å². The summed E-state index contributed by atoms with van der Waals surface area (Å²) >= 11 is 0. The maximum Gasteiger partial charge on any atom is 0.416 e. The quantitative estimate of drug-likeness (QED) is 0.661. The molecule has 2 unspecified atom stereocenters. The summed E-state index contributed by atoms with van der Waals surface area (Å²) in [6.45, 7) is 2.42. The molecule has 0 fully saturated rings. The van der Waals surface area contributed by atoms with Gasteiger partial charge < -0.3 is 5.73 Å². The van der Waals surface area contributed by atoms with Crippen molar-refractivity contribution in [2.75, 3.05) is 6.54 Å². The Balaban J connectivity index is 2.50. The van der Waals surface area contributed by atoms with Crippen LogP contribution >= 0.6 is 0 Å². The van der Waals surface area contributed by atoms with Crippen molar-refractivity contribution >= 4 is 5.57 Å². The summed E-state index contributed by atoms with van der Waals surface area (Å²) in [7, 11) is 0. The second-order valence-electron chi connectivity index (χ2n) is 6.45. The lowest BCUT2D eigenvalue weighted by atomic mass is 9.78. The van der Waals surface area contributed by atoms with Crippen molar-refractivity contribution in [1.82, 2.24) is 0 Å². The minimum absolute atomic E-state index is 0.00118.